The van der Waals surface area contributed by atoms with E-state index in [-0.39, 0.29) is 0 Å². The third-order valence-electron chi connectivity index (χ3n) is 4.12. The number of benzene rings is 2. The third-order valence-corrected chi connectivity index (χ3v) is 5.45. The van der Waals surface area contributed by atoms with Crippen LogP contribution in [0.4, 0.5) is 0 Å². The summed E-state index contributed by atoms with van der Waals surface area (Å²) in [5.41, 5.74) is 2.60. The number of aliphatic imine (C=N–C) groups is 1. The van der Waals surface area contributed by atoms with Crippen molar-refractivity contribution in [2.75, 3.05) is 0 Å². The van der Waals surface area contributed by atoms with Crippen molar-refractivity contribution < 1.29 is 0 Å². The number of hydrogen-bond acceptors (Lipinski definition) is 2. The summed E-state index contributed by atoms with van der Waals surface area (Å²) < 4.78 is 0. The Balaban J connectivity index is 1.88. The van der Waals surface area contributed by atoms with E-state index in [1.54, 1.807) is 0 Å². The van der Waals surface area contributed by atoms with Crippen LogP contribution in [0.1, 0.15) is 49.8 Å². The Morgan fingerprint density at radius 3 is 2.36 bits per heavy atom. The zero-order chi connectivity index (χ0) is 15.2. The molecule has 22 heavy (non-hydrogen) atoms. The van der Waals surface area contributed by atoms with Crippen molar-refractivity contribution in [1.29, 1.82) is 0 Å². The molecule has 114 valence electrons. The molecule has 2 aromatic carbocycles. The first-order valence-electron chi connectivity index (χ1n) is 8.21. The van der Waals surface area contributed by atoms with Gasteiger partial charge >= 0.3 is 0 Å². The second-order valence-electron chi connectivity index (χ2n) is 5.84. The highest BCUT2D eigenvalue weighted by Crippen LogP contribution is 2.38. The van der Waals surface area contributed by atoms with Crippen molar-refractivity contribution >= 4 is 16.8 Å². The summed E-state index contributed by atoms with van der Waals surface area (Å²) in [4.78, 5) is 5.06. The van der Waals surface area contributed by atoms with E-state index in [2.05, 4.69) is 67.6 Å². The number of hydrogen-bond donors (Lipinski definition) is 0. The first-order chi connectivity index (χ1) is 10.9. The Bertz CT molecular complexity index is 606. The maximum Gasteiger partial charge on any atom is 0.0987 e. The first-order valence-corrected chi connectivity index (χ1v) is 9.09. The Kier molecular flexibility index (Phi) is 5.33. The highest BCUT2D eigenvalue weighted by molar-refractivity contribution is 8.15. The molecule has 2 aromatic rings. The molecular formula is C20H23NS. The Morgan fingerprint density at radius 1 is 1.00 bits per heavy atom. The van der Waals surface area contributed by atoms with Crippen LogP contribution in [-0.4, -0.2) is 10.3 Å². The van der Waals surface area contributed by atoms with Crippen LogP contribution in [0.25, 0.3) is 0 Å². The molecule has 0 radical (unpaired) electrons. The molecule has 1 nitrogen and oxygen atoms in total. The second kappa shape index (κ2) is 7.64. The van der Waals surface area contributed by atoms with Crippen LogP contribution >= 0.6 is 11.8 Å². The number of nitrogens with zero attached hydrogens (tertiary/aromatic N) is 1. The molecule has 3 rings (SSSR count). The van der Waals surface area contributed by atoms with Gasteiger partial charge in [-0.05, 0) is 18.4 Å². The highest BCUT2D eigenvalue weighted by Gasteiger charge is 2.25. The van der Waals surface area contributed by atoms with E-state index < -0.39 is 0 Å². The van der Waals surface area contributed by atoms with Crippen LogP contribution in [0.5, 0.6) is 0 Å². The van der Waals surface area contributed by atoms with E-state index in [1.807, 2.05) is 11.8 Å². The summed E-state index contributed by atoms with van der Waals surface area (Å²) in [6, 6.07) is 21.7. The summed E-state index contributed by atoms with van der Waals surface area (Å²) in [6.45, 7) is 2.27. The average Bonchev–Trinajstić information content (AvgIpc) is 2.61. The minimum Gasteiger partial charge on any atom is -0.270 e. The molecule has 2 atom stereocenters. The van der Waals surface area contributed by atoms with Gasteiger partial charge in [0.05, 0.1) is 11.1 Å². The van der Waals surface area contributed by atoms with E-state index >= 15 is 0 Å². The zero-order valence-electron chi connectivity index (χ0n) is 13.1. The summed E-state index contributed by atoms with van der Waals surface area (Å²) in [5, 5.41) is 1.89. The van der Waals surface area contributed by atoms with Gasteiger partial charge in [0.1, 0.15) is 0 Å². The fourth-order valence-electron chi connectivity index (χ4n) is 2.90. The lowest BCUT2D eigenvalue weighted by molar-refractivity contribution is 0.577. The summed E-state index contributed by atoms with van der Waals surface area (Å²) >= 11 is 1.97. The van der Waals surface area contributed by atoms with Crippen molar-refractivity contribution in [2.24, 2.45) is 4.99 Å². The van der Waals surface area contributed by atoms with E-state index in [1.165, 1.54) is 35.4 Å². The van der Waals surface area contributed by atoms with E-state index in [9.17, 15) is 0 Å². The van der Waals surface area contributed by atoms with Crippen molar-refractivity contribution in [3.63, 3.8) is 0 Å². The molecular weight excluding hydrogens is 286 g/mol. The van der Waals surface area contributed by atoms with Crippen molar-refractivity contribution in [1.82, 2.24) is 0 Å². The van der Waals surface area contributed by atoms with E-state index in [0.717, 1.165) is 6.42 Å². The molecule has 0 amide bonds. The minimum absolute atomic E-state index is 0.305. The maximum atomic E-state index is 5.06. The molecule has 0 saturated carbocycles. The fraction of sp³-hybridized carbons (Fsp3) is 0.350. The maximum absolute atomic E-state index is 5.06. The van der Waals surface area contributed by atoms with Gasteiger partial charge in [0.25, 0.3) is 0 Å². The van der Waals surface area contributed by atoms with Gasteiger partial charge in [-0.1, -0.05) is 80.4 Å². The Labute approximate surface area is 137 Å². The molecule has 1 heterocycles. The van der Waals surface area contributed by atoms with Gasteiger partial charge in [-0.15, -0.1) is 11.8 Å². The fourth-order valence-corrected chi connectivity index (χ4v) is 4.24. The lowest BCUT2D eigenvalue weighted by Crippen LogP contribution is -2.18. The molecule has 0 aliphatic carbocycles. The molecule has 0 aromatic heterocycles. The highest BCUT2D eigenvalue weighted by atomic mass is 32.2. The molecule has 2 heteroatoms. The van der Waals surface area contributed by atoms with Gasteiger partial charge in [-0.2, -0.15) is 0 Å². The Morgan fingerprint density at radius 2 is 1.68 bits per heavy atom. The summed E-state index contributed by atoms with van der Waals surface area (Å²) in [7, 11) is 0. The lowest BCUT2D eigenvalue weighted by Gasteiger charge is -2.28. The molecule has 1 aliphatic rings. The van der Waals surface area contributed by atoms with Crippen molar-refractivity contribution in [2.45, 2.75) is 43.9 Å². The molecule has 1 aliphatic heterocycles. The second-order valence-corrected chi connectivity index (χ2v) is 7.13. The van der Waals surface area contributed by atoms with Gasteiger partial charge in [0, 0.05) is 10.8 Å². The summed E-state index contributed by atoms with van der Waals surface area (Å²) in [6.07, 6.45) is 5.02. The quantitative estimate of drug-likeness (QED) is 0.672. The zero-order valence-corrected chi connectivity index (χ0v) is 13.9. The van der Waals surface area contributed by atoms with E-state index in [4.69, 9.17) is 4.99 Å². The minimum atomic E-state index is 0.305. The van der Waals surface area contributed by atoms with Gasteiger partial charge < -0.3 is 0 Å². The molecule has 0 saturated heterocycles. The van der Waals surface area contributed by atoms with Crippen molar-refractivity contribution in [3.05, 3.63) is 71.8 Å². The van der Waals surface area contributed by atoms with Crippen molar-refractivity contribution in [3.8, 4) is 0 Å². The first kappa shape index (κ1) is 15.4. The number of rotatable bonds is 5. The Hall–Kier alpha value is -1.54. The standard InChI is InChI=1S/C20H23NS/c1-2-3-14-18-15-19(16-10-6-4-7-11-16)21-20(22-18)17-12-8-5-9-13-17/h4-13,18-19H,2-3,14-15H2,1H3. The molecule has 0 N–H and O–H groups in total. The van der Waals surface area contributed by atoms with Gasteiger partial charge in [-0.25, -0.2) is 0 Å². The topological polar surface area (TPSA) is 12.4 Å². The molecule has 0 bridgehead atoms. The van der Waals surface area contributed by atoms with Gasteiger partial charge in [-0.3, -0.25) is 4.99 Å². The molecule has 0 spiro atoms. The van der Waals surface area contributed by atoms with Crippen LogP contribution < -0.4 is 0 Å². The number of thioether (sulfide) groups is 1. The smallest absolute Gasteiger partial charge is 0.0987 e. The summed E-state index contributed by atoms with van der Waals surface area (Å²) in [5.74, 6) is 0. The largest absolute Gasteiger partial charge is 0.270 e. The van der Waals surface area contributed by atoms with Crippen LogP contribution in [0.15, 0.2) is 65.7 Å². The SMILES string of the molecule is CCCCC1CC(c2ccccc2)N=C(c2ccccc2)S1. The van der Waals surface area contributed by atoms with Gasteiger partial charge in [0.15, 0.2) is 0 Å². The normalized spacial score (nSPS) is 21.4. The van der Waals surface area contributed by atoms with Gasteiger partial charge in [0.2, 0.25) is 0 Å². The van der Waals surface area contributed by atoms with Crippen LogP contribution in [0.2, 0.25) is 0 Å². The monoisotopic (exact) mass is 309 g/mol. The van der Waals surface area contributed by atoms with Crippen LogP contribution in [-0.2, 0) is 0 Å². The molecule has 0 fully saturated rings. The molecule has 2 unspecified atom stereocenters. The van der Waals surface area contributed by atoms with Crippen LogP contribution in [0.3, 0.4) is 0 Å². The van der Waals surface area contributed by atoms with E-state index in [0.29, 0.717) is 11.3 Å². The van der Waals surface area contributed by atoms with Crippen LogP contribution in [0, 0.1) is 0 Å². The third kappa shape index (κ3) is 3.80. The predicted molar refractivity (Wildman–Crippen MR) is 97.7 cm³/mol. The predicted octanol–water partition coefficient (Wildman–Crippen LogP) is 5.87. The number of unbranched alkanes of at least 4 members (excludes halogenated alkanes) is 1. The average molecular weight is 309 g/mol. The lowest BCUT2D eigenvalue weighted by atomic mass is 9.99.